The lowest BCUT2D eigenvalue weighted by atomic mass is 9.92. The highest BCUT2D eigenvalue weighted by Gasteiger charge is 2.49. The molecular formula is C22H18F3IN6O3. The van der Waals surface area contributed by atoms with Crippen molar-refractivity contribution in [2.75, 3.05) is 30.3 Å². The Morgan fingerprint density at radius 1 is 1.11 bits per heavy atom. The predicted octanol–water partition coefficient (Wildman–Crippen LogP) is 3.51. The molecule has 0 saturated carbocycles. The summed E-state index contributed by atoms with van der Waals surface area (Å²) in [5, 5.41) is 5.42. The minimum atomic E-state index is -1.32. The summed E-state index contributed by atoms with van der Waals surface area (Å²) in [6, 6.07) is 6.08. The maximum absolute atomic E-state index is 14.7. The molecular weight excluding hydrogens is 580 g/mol. The van der Waals surface area contributed by atoms with Crippen molar-refractivity contribution in [1.29, 1.82) is 0 Å². The van der Waals surface area contributed by atoms with E-state index in [0.29, 0.717) is 3.57 Å². The summed E-state index contributed by atoms with van der Waals surface area (Å²) in [5.74, 6) is -4.17. The second-order valence-electron chi connectivity index (χ2n) is 7.79. The SMILES string of the molecule is CC(=O)OC1(CNc2ncncn2)CN(C(=O)c2ccc(F)c(F)c2Nc2ccc(I)cc2F)C1. The Morgan fingerprint density at radius 3 is 2.49 bits per heavy atom. The zero-order chi connectivity index (χ0) is 25.2. The average molecular weight is 598 g/mol. The molecule has 0 bridgehead atoms. The molecule has 1 aromatic heterocycles. The van der Waals surface area contributed by atoms with Crippen molar-refractivity contribution >= 4 is 51.8 Å². The van der Waals surface area contributed by atoms with Crippen LogP contribution in [0.15, 0.2) is 43.0 Å². The zero-order valence-corrected chi connectivity index (χ0v) is 20.3. The first-order chi connectivity index (χ1) is 16.7. The second kappa shape index (κ2) is 10.0. The van der Waals surface area contributed by atoms with Gasteiger partial charge < -0.3 is 20.3 Å². The molecule has 0 atom stereocenters. The van der Waals surface area contributed by atoms with Crippen LogP contribution in [0.2, 0.25) is 0 Å². The van der Waals surface area contributed by atoms with Crippen LogP contribution in [0.25, 0.3) is 0 Å². The molecule has 2 N–H and O–H groups in total. The molecule has 0 aliphatic carbocycles. The molecule has 35 heavy (non-hydrogen) atoms. The number of ether oxygens (including phenoxy) is 1. The number of nitrogens with zero attached hydrogens (tertiary/aromatic N) is 4. The third-order valence-electron chi connectivity index (χ3n) is 5.18. The molecule has 1 aliphatic heterocycles. The van der Waals surface area contributed by atoms with Gasteiger partial charge in [-0.15, -0.1) is 0 Å². The van der Waals surface area contributed by atoms with Crippen LogP contribution < -0.4 is 10.6 Å². The molecule has 1 saturated heterocycles. The molecule has 9 nitrogen and oxygen atoms in total. The van der Waals surface area contributed by atoms with E-state index in [1.807, 2.05) is 22.6 Å². The number of anilines is 3. The van der Waals surface area contributed by atoms with E-state index in [-0.39, 0.29) is 36.8 Å². The van der Waals surface area contributed by atoms with E-state index >= 15 is 0 Å². The predicted molar refractivity (Wildman–Crippen MR) is 127 cm³/mol. The highest BCUT2D eigenvalue weighted by molar-refractivity contribution is 14.1. The number of likely N-dealkylation sites (tertiary alicyclic amines) is 1. The minimum absolute atomic E-state index is 0.0280. The van der Waals surface area contributed by atoms with E-state index in [0.717, 1.165) is 12.1 Å². The average Bonchev–Trinajstić information content (AvgIpc) is 2.80. The summed E-state index contributed by atoms with van der Waals surface area (Å²) in [4.78, 5) is 37.8. The summed E-state index contributed by atoms with van der Waals surface area (Å²) < 4.78 is 49.1. The number of benzene rings is 2. The highest BCUT2D eigenvalue weighted by Crippen LogP contribution is 2.33. The topological polar surface area (TPSA) is 109 Å². The van der Waals surface area contributed by atoms with Gasteiger partial charge >= 0.3 is 5.97 Å². The molecule has 0 radical (unpaired) electrons. The standard InChI is InChI=1S/C22H18F3IN6O3/c1-12(33)35-22(7-28-21-29-10-27-11-30-21)8-32(9-22)20(34)14-3-4-15(23)18(25)19(14)31-17-5-2-13(26)6-16(17)24/h2-6,10-11,31H,7-9H2,1H3,(H,27,28,29,30). The summed E-state index contributed by atoms with van der Waals surface area (Å²) >= 11 is 1.91. The molecule has 1 aliphatic rings. The molecule has 13 heteroatoms. The van der Waals surface area contributed by atoms with Crippen LogP contribution in [0.3, 0.4) is 0 Å². The number of halogens is 4. The largest absolute Gasteiger partial charge is 0.454 e. The van der Waals surface area contributed by atoms with Gasteiger partial charge in [0, 0.05) is 10.5 Å². The first kappa shape index (κ1) is 24.6. The van der Waals surface area contributed by atoms with Crippen molar-refractivity contribution in [3.05, 3.63) is 69.6 Å². The van der Waals surface area contributed by atoms with Gasteiger partial charge in [-0.3, -0.25) is 9.59 Å². The van der Waals surface area contributed by atoms with Gasteiger partial charge in [0.1, 0.15) is 18.5 Å². The van der Waals surface area contributed by atoms with Gasteiger partial charge in [0.25, 0.3) is 5.91 Å². The van der Waals surface area contributed by atoms with Gasteiger partial charge in [-0.1, -0.05) is 0 Å². The first-order valence-corrected chi connectivity index (χ1v) is 11.3. The highest BCUT2D eigenvalue weighted by atomic mass is 127. The number of carbonyl (C=O) groups excluding carboxylic acids is 2. The van der Waals surface area contributed by atoms with Gasteiger partial charge in [-0.05, 0) is 52.9 Å². The molecule has 2 heterocycles. The Kier molecular flexibility index (Phi) is 7.05. The van der Waals surface area contributed by atoms with E-state index in [1.54, 1.807) is 6.07 Å². The van der Waals surface area contributed by atoms with Crippen molar-refractivity contribution in [1.82, 2.24) is 19.9 Å². The third kappa shape index (κ3) is 5.44. The number of aromatic nitrogens is 3. The zero-order valence-electron chi connectivity index (χ0n) is 18.2. The molecule has 4 rings (SSSR count). The van der Waals surface area contributed by atoms with Crippen LogP contribution in [0.1, 0.15) is 17.3 Å². The van der Waals surface area contributed by atoms with Crippen LogP contribution in [-0.4, -0.2) is 57.0 Å². The normalized spacial score (nSPS) is 14.1. The number of rotatable bonds is 7. The number of carbonyl (C=O) groups is 2. The lowest BCUT2D eigenvalue weighted by Crippen LogP contribution is -2.68. The number of hydrogen-bond donors (Lipinski definition) is 2. The maximum Gasteiger partial charge on any atom is 0.303 e. The van der Waals surface area contributed by atoms with E-state index in [9.17, 15) is 22.8 Å². The lowest BCUT2D eigenvalue weighted by molar-refractivity contribution is -0.170. The Bertz CT molecular complexity index is 1270. The quantitative estimate of drug-likeness (QED) is 0.315. The fourth-order valence-corrected chi connectivity index (χ4v) is 4.08. The number of amides is 1. The molecule has 182 valence electrons. The number of hydrogen-bond acceptors (Lipinski definition) is 8. The van der Waals surface area contributed by atoms with Crippen molar-refractivity contribution in [2.45, 2.75) is 12.5 Å². The molecule has 1 fully saturated rings. The summed E-state index contributed by atoms with van der Waals surface area (Å²) in [6.45, 7) is 1.28. The summed E-state index contributed by atoms with van der Waals surface area (Å²) in [5.41, 5.74) is -1.90. The van der Waals surface area contributed by atoms with Gasteiger partial charge in [0.05, 0.1) is 36.6 Å². The lowest BCUT2D eigenvalue weighted by Gasteiger charge is -2.48. The molecule has 1 amide bonds. The fourth-order valence-electron chi connectivity index (χ4n) is 3.63. The third-order valence-corrected chi connectivity index (χ3v) is 5.85. The van der Waals surface area contributed by atoms with Crippen LogP contribution >= 0.6 is 22.6 Å². The molecule has 0 unspecified atom stereocenters. The van der Waals surface area contributed by atoms with E-state index in [4.69, 9.17) is 4.74 Å². The van der Waals surface area contributed by atoms with Crippen molar-refractivity contribution in [3.8, 4) is 0 Å². The molecule has 0 spiro atoms. The molecule has 3 aromatic rings. The van der Waals surface area contributed by atoms with Crippen LogP contribution in [-0.2, 0) is 9.53 Å². The maximum atomic E-state index is 14.7. The van der Waals surface area contributed by atoms with Crippen LogP contribution in [0, 0.1) is 21.0 Å². The minimum Gasteiger partial charge on any atom is -0.454 e. The van der Waals surface area contributed by atoms with Crippen molar-refractivity contribution in [3.63, 3.8) is 0 Å². The number of esters is 1. The Labute approximate surface area is 211 Å². The second-order valence-corrected chi connectivity index (χ2v) is 9.03. The molecule has 2 aromatic carbocycles. The Hall–Kier alpha value is -3.49. The van der Waals surface area contributed by atoms with Gasteiger partial charge in [0.15, 0.2) is 17.2 Å². The monoisotopic (exact) mass is 598 g/mol. The first-order valence-electron chi connectivity index (χ1n) is 10.2. The van der Waals surface area contributed by atoms with E-state index in [2.05, 4.69) is 25.6 Å². The Balaban J connectivity index is 1.55. The fraction of sp³-hybridized carbons (Fsp3) is 0.227. The summed E-state index contributed by atoms with van der Waals surface area (Å²) in [6.07, 6.45) is 2.58. The van der Waals surface area contributed by atoms with Crippen molar-refractivity contribution < 1.29 is 27.5 Å². The number of nitrogens with one attached hydrogen (secondary N) is 2. The summed E-state index contributed by atoms with van der Waals surface area (Å²) in [7, 11) is 0. The van der Waals surface area contributed by atoms with E-state index < -0.39 is 40.6 Å². The Morgan fingerprint density at radius 2 is 1.83 bits per heavy atom. The van der Waals surface area contributed by atoms with Crippen LogP contribution in [0.5, 0.6) is 0 Å². The smallest absolute Gasteiger partial charge is 0.303 e. The van der Waals surface area contributed by atoms with Crippen LogP contribution in [0.4, 0.5) is 30.5 Å². The van der Waals surface area contributed by atoms with Gasteiger partial charge in [-0.2, -0.15) is 0 Å². The van der Waals surface area contributed by atoms with E-state index in [1.165, 1.54) is 36.6 Å². The van der Waals surface area contributed by atoms with Crippen molar-refractivity contribution in [2.24, 2.45) is 0 Å². The van der Waals surface area contributed by atoms with Gasteiger partial charge in [0.2, 0.25) is 5.95 Å². The van der Waals surface area contributed by atoms with Gasteiger partial charge in [-0.25, -0.2) is 28.1 Å².